The van der Waals surface area contributed by atoms with Gasteiger partial charge in [-0.1, -0.05) is 0 Å². The van der Waals surface area contributed by atoms with Crippen molar-refractivity contribution in [1.82, 2.24) is 15.3 Å². The minimum absolute atomic E-state index is 0.0818. The Morgan fingerprint density at radius 2 is 1.91 bits per heavy atom. The summed E-state index contributed by atoms with van der Waals surface area (Å²) in [5, 5.41) is 11.2. The number of nitrogens with two attached hydrogens (primary N) is 1. The Labute approximate surface area is 187 Å². The molecule has 10 nitrogen and oxygen atoms in total. The third-order valence-corrected chi connectivity index (χ3v) is 6.61. The first kappa shape index (κ1) is 22.3. The number of sulfonamides is 1. The molecule has 1 aromatic carbocycles. The van der Waals surface area contributed by atoms with Crippen molar-refractivity contribution in [3.8, 4) is 5.75 Å². The molecule has 1 saturated carbocycles. The molecular formula is C21H27N5O5S. The molecule has 4 N–H and O–H groups in total. The molecular weight excluding hydrogens is 434 g/mol. The van der Waals surface area contributed by atoms with E-state index in [1.165, 1.54) is 6.07 Å². The monoisotopic (exact) mass is 461 g/mol. The van der Waals surface area contributed by atoms with Crippen LogP contribution < -0.4 is 20.5 Å². The van der Waals surface area contributed by atoms with Crippen LogP contribution in [0.5, 0.6) is 5.75 Å². The number of alkyl carbamates (subject to hydrolysis) is 1. The highest BCUT2D eigenvalue weighted by molar-refractivity contribution is 7.89. The molecule has 0 saturated heterocycles. The standard InChI is InChI=1S/C21H27N5O5S/c22-32(28,29)19-7-5-16-11-18(19)30-9-3-1-2-8-23-21(27)31-17-6-4-14(10-17)15-12-24-20(26-16)25-13-15/h5,7,11-14,17H,1-4,6,8-10H2,(H,23,27)(H2,22,28,29)(H,24,25,26)/t14-,17+/m0/s1. The molecule has 1 fully saturated rings. The fourth-order valence-electron chi connectivity index (χ4n) is 4.00. The van der Waals surface area contributed by atoms with Gasteiger partial charge in [0.2, 0.25) is 16.0 Å². The molecule has 3 heterocycles. The summed E-state index contributed by atoms with van der Waals surface area (Å²) in [7, 11) is -3.94. The number of amides is 1. The van der Waals surface area contributed by atoms with Crippen molar-refractivity contribution < 1.29 is 22.7 Å². The van der Waals surface area contributed by atoms with E-state index >= 15 is 0 Å². The first-order valence-electron chi connectivity index (χ1n) is 10.7. The molecule has 6 bridgehead atoms. The maximum absolute atomic E-state index is 12.0. The Morgan fingerprint density at radius 1 is 1.09 bits per heavy atom. The van der Waals surface area contributed by atoms with Gasteiger partial charge in [0, 0.05) is 30.7 Å². The minimum atomic E-state index is -3.94. The number of carbonyl (C=O) groups excluding carboxylic acids is 1. The molecule has 32 heavy (non-hydrogen) atoms. The van der Waals surface area contributed by atoms with E-state index in [0.717, 1.165) is 37.7 Å². The number of rotatable bonds is 1. The second kappa shape index (κ2) is 9.70. The first-order valence-corrected chi connectivity index (χ1v) is 12.3. The highest BCUT2D eigenvalue weighted by Gasteiger charge is 2.29. The fourth-order valence-corrected chi connectivity index (χ4v) is 4.65. The number of anilines is 2. The molecule has 5 rings (SSSR count). The van der Waals surface area contributed by atoms with E-state index in [-0.39, 0.29) is 22.7 Å². The van der Waals surface area contributed by atoms with Crippen molar-refractivity contribution in [1.29, 1.82) is 0 Å². The topological polar surface area (TPSA) is 146 Å². The van der Waals surface area contributed by atoms with Gasteiger partial charge in [0.25, 0.3) is 0 Å². The van der Waals surface area contributed by atoms with Gasteiger partial charge < -0.3 is 20.1 Å². The molecule has 2 atom stereocenters. The number of nitrogens with one attached hydrogen (secondary N) is 2. The van der Waals surface area contributed by atoms with Crippen LogP contribution in [0.4, 0.5) is 16.4 Å². The smallest absolute Gasteiger partial charge is 0.407 e. The Bertz CT molecular complexity index is 1060. The number of nitrogens with zero attached hydrogens (tertiary/aromatic N) is 2. The lowest BCUT2D eigenvalue weighted by Crippen LogP contribution is -2.28. The third-order valence-electron chi connectivity index (χ3n) is 5.66. The van der Waals surface area contributed by atoms with Crippen molar-refractivity contribution in [2.24, 2.45) is 5.14 Å². The van der Waals surface area contributed by atoms with E-state index in [9.17, 15) is 13.2 Å². The molecule has 11 heteroatoms. The van der Waals surface area contributed by atoms with Gasteiger partial charge in [-0.3, -0.25) is 0 Å². The lowest BCUT2D eigenvalue weighted by atomic mass is 10.0. The van der Waals surface area contributed by atoms with Crippen molar-refractivity contribution in [3.63, 3.8) is 0 Å². The highest BCUT2D eigenvalue weighted by Crippen LogP contribution is 2.36. The van der Waals surface area contributed by atoms with Gasteiger partial charge in [-0.2, -0.15) is 0 Å². The second-order valence-electron chi connectivity index (χ2n) is 8.04. The van der Waals surface area contributed by atoms with Crippen LogP contribution in [0.25, 0.3) is 0 Å². The number of primary sulfonamides is 1. The van der Waals surface area contributed by atoms with E-state index in [2.05, 4.69) is 20.6 Å². The second-order valence-corrected chi connectivity index (χ2v) is 9.57. The Balaban J connectivity index is 1.56. The lowest BCUT2D eigenvalue weighted by Gasteiger charge is -2.15. The van der Waals surface area contributed by atoms with E-state index < -0.39 is 16.1 Å². The minimum Gasteiger partial charge on any atom is -0.492 e. The summed E-state index contributed by atoms with van der Waals surface area (Å²) in [6, 6.07) is 4.58. The molecule has 2 aromatic rings. The Hall–Kier alpha value is -2.92. The summed E-state index contributed by atoms with van der Waals surface area (Å²) in [5.41, 5.74) is 1.58. The van der Waals surface area contributed by atoms with Gasteiger partial charge in [-0.05, 0) is 62.1 Å². The van der Waals surface area contributed by atoms with Gasteiger partial charge in [-0.25, -0.2) is 28.3 Å². The van der Waals surface area contributed by atoms with E-state index in [0.29, 0.717) is 31.2 Å². The average molecular weight is 462 g/mol. The van der Waals surface area contributed by atoms with Gasteiger partial charge in [0.1, 0.15) is 16.7 Å². The van der Waals surface area contributed by atoms with Crippen LogP contribution in [-0.2, 0) is 14.8 Å². The number of fused-ring (bicyclic) bond motifs is 10. The predicted molar refractivity (Wildman–Crippen MR) is 117 cm³/mol. The molecule has 1 aromatic heterocycles. The van der Waals surface area contributed by atoms with Crippen molar-refractivity contribution in [3.05, 3.63) is 36.2 Å². The van der Waals surface area contributed by atoms with Crippen LogP contribution in [0, 0.1) is 0 Å². The number of benzene rings is 1. The average Bonchev–Trinajstić information content (AvgIpc) is 3.20. The predicted octanol–water partition coefficient (Wildman–Crippen LogP) is 2.79. The number of aromatic nitrogens is 2. The fraction of sp³-hybridized carbons (Fsp3) is 0.476. The van der Waals surface area contributed by atoms with Crippen LogP contribution in [0.2, 0.25) is 0 Å². The Morgan fingerprint density at radius 3 is 2.69 bits per heavy atom. The largest absolute Gasteiger partial charge is 0.492 e. The molecule has 2 aliphatic heterocycles. The number of ether oxygens (including phenoxy) is 2. The van der Waals surface area contributed by atoms with Crippen molar-refractivity contribution in [2.75, 3.05) is 18.5 Å². The molecule has 0 radical (unpaired) electrons. The normalized spacial score (nSPS) is 22.2. The van der Waals surface area contributed by atoms with Gasteiger partial charge >= 0.3 is 6.09 Å². The zero-order valence-corrected chi connectivity index (χ0v) is 18.4. The number of hydrogen-bond donors (Lipinski definition) is 3. The SMILES string of the molecule is NS(=O)(=O)c1ccc2cc1OCCCCCNC(=O)O[C@@H]1CC[C@@H](C1)c1cnc(nc1)N2. The van der Waals surface area contributed by atoms with E-state index in [4.69, 9.17) is 14.6 Å². The molecule has 1 aliphatic carbocycles. The Kier molecular flexibility index (Phi) is 6.75. The molecule has 172 valence electrons. The summed E-state index contributed by atoms with van der Waals surface area (Å²) in [5.74, 6) is 0.784. The summed E-state index contributed by atoms with van der Waals surface area (Å²) in [6.07, 6.45) is 7.74. The summed E-state index contributed by atoms with van der Waals surface area (Å²) in [6.45, 7) is 0.817. The quantitative estimate of drug-likeness (QED) is 0.588. The number of carbonyl (C=O) groups is 1. The van der Waals surface area contributed by atoms with Gasteiger partial charge in [0.15, 0.2) is 0 Å². The number of hydrogen-bond acceptors (Lipinski definition) is 8. The van der Waals surface area contributed by atoms with Crippen molar-refractivity contribution >= 4 is 27.8 Å². The van der Waals surface area contributed by atoms with Crippen LogP contribution in [0.1, 0.15) is 50.0 Å². The molecule has 0 unspecified atom stereocenters. The summed E-state index contributed by atoms with van der Waals surface area (Å²) in [4.78, 5) is 20.7. The molecule has 1 amide bonds. The van der Waals surface area contributed by atoms with Gasteiger partial charge in [-0.15, -0.1) is 0 Å². The van der Waals surface area contributed by atoms with Crippen LogP contribution >= 0.6 is 0 Å². The third kappa shape index (κ3) is 5.65. The summed E-state index contributed by atoms with van der Waals surface area (Å²) < 4.78 is 35.1. The van der Waals surface area contributed by atoms with Crippen LogP contribution in [0.15, 0.2) is 35.5 Å². The molecule has 0 spiro atoms. The van der Waals surface area contributed by atoms with E-state index in [1.54, 1.807) is 24.5 Å². The zero-order valence-electron chi connectivity index (χ0n) is 17.6. The van der Waals surface area contributed by atoms with Crippen LogP contribution in [0.3, 0.4) is 0 Å². The summed E-state index contributed by atoms with van der Waals surface area (Å²) >= 11 is 0. The first-order chi connectivity index (χ1) is 15.4. The molecule has 3 aliphatic rings. The van der Waals surface area contributed by atoms with Crippen molar-refractivity contribution in [2.45, 2.75) is 55.4 Å². The zero-order chi connectivity index (χ0) is 22.6. The highest BCUT2D eigenvalue weighted by atomic mass is 32.2. The van der Waals surface area contributed by atoms with E-state index in [1.807, 2.05) is 0 Å². The maximum atomic E-state index is 12.0. The maximum Gasteiger partial charge on any atom is 0.407 e. The van der Waals surface area contributed by atoms with Crippen LogP contribution in [-0.4, -0.2) is 43.7 Å². The van der Waals surface area contributed by atoms with Gasteiger partial charge in [0.05, 0.1) is 6.61 Å². The lowest BCUT2D eigenvalue weighted by molar-refractivity contribution is 0.100.